The number of nitrogens with one attached hydrogen (secondary N) is 2. The van der Waals surface area contributed by atoms with Crippen molar-refractivity contribution in [3.8, 4) is 11.4 Å². The van der Waals surface area contributed by atoms with E-state index in [1.807, 2.05) is 0 Å². The Morgan fingerprint density at radius 1 is 1.25 bits per heavy atom. The number of anilines is 1. The highest BCUT2D eigenvalue weighted by Crippen LogP contribution is 2.23. The molecule has 2 aromatic carbocycles. The van der Waals surface area contributed by atoms with Crippen molar-refractivity contribution >= 4 is 33.4 Å². The number of halogens is 1. The first kappa shape index (κ1) is 16.3. The highest BCUT2D eigenvalue weighted by molar-refractivity contribution is 7.84. The molecule has 0 aliphatic carbocycles. The van der Waals surface area contributed by atoms with Gasteiger partial charge in [0.05, 0.1) is 11.0 Å². The monoisotopic (exact) mass is 345 g/mol. The zero-order valence-corrected chi connectivity index (χ0v) is 13.8. The number of carbonyl (C=O) groups excluding carboxylic acids is 1. The van der Waals surface area contributed by atoms with Gasteiger partial charge in [-0.25, -0.2) is 9.37 Å². The number of aromatic nitrogens is 2. The Kier molecular flexibility index (Phi) is 4.71. The van der Waals surface area contributed by atoms with E-state index in [2.05, 4.69) is 15.3 Å². The van der Waals surface area contributed by atoms with Gasteiger partial charge in [0, 0.05) is 40.5 Å². The molecule has 1 aromatic heterocycles. The third-order valence-electron chi connectivity index (χ3n) is 3.50. The SMILES string of the molecule is C[S@@](=O)CCC(=O)Nc1ccc2nc(-c3ccc(F)cc3)[nH]c2c1. The van der Waals surface area contributed by atoms with E-state index in [1.54, 1.807) is 36.6 Å². The molecule has 0 radical (unpaired) electrons. The number of hydrogen-bond donors (Lipinski definition) is 2. The summed E-state index contributed by atoms with van der Waals surface area (Å²) >= 11 is 0. The van der Waals surface area contributed by atoms with Crippen molar-refractivity contribution in [2.75, 3.05) is 17.3 Å². The molecule has 124 valence electrons. The molecule has 1 atom stereocenters. The summed E-state index contributed by atoms with van der Waals surface area (Å²) in [5.74, 6) is 0.498. The molecule has 0 aliphatic heterocycles. The van der Waals surface area contributed by atoms with E-state index in [0.29, 0.717) is 17.3 Å². The van der Waals surface area contributed by atoms with Crippen LogP contribution in [0.4, 0.5) is 10.1 Å². The number of fused-ring (bicyclic) bond motifs is 1. The lowest BCUT2D eigenvalue weighted by Crippen LogP contribution is -2.14. The molecule has 24 heavy (non-hydrogen) atoms. The van der Waals surface area contributed by atoms with Crippen molar-refractivity contribution < 1.29 is 13.4 Å². The van der Waals surface area contributed by atoms with E-state index < -0.39 is 10.8 Å². The molecule has 3 aromatic rings. The fraction of sp³-hybridized carbons (Fsp3) is 0.176. The summed E-state index contributed by atoms with van der Waals surface area (Å²) in [5, 5.41) is 2.78. The molecule has 0 saturated heterocycles. The average Bonchev–Trinajstić information content (AvgIpc) is 2.97. The fourth-order valence-corrected chi connectivity index (χ4v) is 2.76. The van der Waals surface area contributed by atoms with Crippen LogP contribution in [0.3, 0.4) is 0 Å². The normalized spacial score (nSPS) is 12.2. The lowest BCUT2D eigenvalue weighted by atomic mass is 10.2. The summed E-state index contributed by atoms with van der Waals surface area (Å²) in [6.07, 6.45) is 1.78. The lowest BCUT2D eigenvalue weighted by Gasteiger charge is -2.04. The highest BCUT2D eigenvalue weighted by atomic mass is 32.2. The maximum Gasteiger partial charge on any atom is 0.225 e. The second kappa shape index (κ2) is 6.92. The fourth-order valence-electron chi connectivity index (χ4n) is 2.29. The Labute approximate surface area is 140 Å². The Morgan fingerprint density at radius 3 is 2.71 bits per heavy atom. The first-order valence-electron chi connectivity index (χ1n) is 7.37. The molecule has 0 saturated carbocycles. The van der Waals surface area contributed by atoms with Crippen molar-refractivity contribution in [3.05, 3.63) is 48.3 Å². The second-order valence-electron chi connectivity index (χ2n) is 5.40. The first-order valence-corrected chi connectivity index (χ1v) is 9.09. The summed E-state index contributed by atoms with van der Waals surface area (Å²) < 4.78 is 24.0. The van der Waals surface area contributed by atoms with Crippen LogP contribution >= 0.6 is 0 Å². The number of amides is 1. The number of rotatable bonds is 5. The topological polar surface area (TPSA) is 74.8 Å². The Balaban J connectivity index is 1.80. The van der Waals surface area contributed by atoms with Gasteiger partial charge in [-0.2, -0.15) is 0 Å². The molecule has 7 heteroatoms. The van der Waals surface area contributed by atoms with Crippen molar-refractivity contribution in [2.24, 2.45) is 0 Å². The Morgan fingerprint density at radius 2 is 2.00 bits per heavy atom. The van der Waals surface area contributed by atoms with Crippen LogP contribution in [0.5, 0.6) is 0 Å². The van der Waals surface area contributed by atoms with E-state index in [1.165, 1.54) is 12.1 Å². The van der Waals surface area contributed by atoms with Gasteiger partial charge in [0.25, 0.3) is 0 Å². The van der Waals surface area contributed by atoms with Gasteiger partial charge in [-0.15, -0.1) is 0 Å². The van der Waals surface area contributed by atoms with Gasteiger partial charge in [-0.1, -0.05) is 0 Å². The van der Waals surface area contributed by atoms with Crippen molar-refractivity contribution in [3.63, 3.8) is 0 Å². The zero-order chi connectivity index (χ0) is 17.1. The van der Waals surface area contributed by atoms with Gasteiger partial charge >= 0.3 is 0 Å². The zero-order valence-electron chi connectivity index (χ0n) is 13.0. The smallest absolute Gasteiger partial charge is 0.225 e. The molecule has 1 amide bonds. The molecule has 5 nitrogen and oxygen atoms in total. The molecule has 0 aliphatic rings. The van der Waals surface area contributed by atoms with Crippen LogP contribution < -0.4 is 5.32 Å². The van der Waals surface area contributed by atoms with Crippen LogP contribution in [0.25, 0.3) is 22.4 Å². The molecule has 0 spiro atoms. The second-order valence-corrected chi connectivity index (χ2v) is 6.95. The molecule has 0 bridgehead atoms. The summed E-state index contributed by atoms with van der Waals surface area (Å²) in [5.41, 5.74) is 2.94. The third-order valence-corrected chi connectivity index (χ3v) is 4.28. The van der Waals surface area contributed by atoms with Crippen molar-refractivity contribution in [1.29, 1.82) is 0 Å². The maximum atomic E-state index is 13.0. The van der Waals surface area contributed by atoms with Crippen LogP contribution in [-0.4, -0.2) is 32.1 Å². The molecule has 0 fully saturated rings. The molecule has 1 heterocycles. The Bertz CT molecular complexity index is 906. The molecular formula is C17H16FN3O2S. The standard InChI is InChI=1S/C17H16FN3O2S/c1-24(23)9-8-16(22)19-13-6-7-14-15(10-13)21-17(20-14)11-2-4-12(18)5-3-11/h2-7,10H,8-9H2,1H3,(H,19,22)(H,20,21)/t24-/m1/s1. The summed E-state index contributed by atoms with van der Waals surface area (Å²) in [7, 11) is -0.990. The van der Waals surface area contributed by atoms with E-state index in [0.717, 1.165) is 16.6 Å². The van der Waals surface area contributed by atoms with Crippen LogP contribution in [0.15, 0.2) is 42.5 Å². The third kappa shape index (κ3) is 3.86. The Hall–Kier alpha value is -2.54. The predicted octanol–water partition coefficient (Wildman–Crippen LogP) is 3.08. The number of imidazole rings is 1. The van der Waals surface area contributed by atoms with Crippen LogP contribution in [0, 0.1) is 5.82 Å². The average molecular weight is 345 g/mol. The summed E-state index contributed by atoms with van der Waals surface area (Å²) in [4.78, 5) is 19.4. The van der Waals surface area contributed by atoms with Crippen molar-refractivity contribution in [1.82, 2.24) is 9.97 Å². The van der Waals surface area contributed by atoms with Crippen molar-refractivity contribution in [2.45, 2.75) is 6.42 Å². The predicted molar refractivity (Wildman–Crippen MR) is 93.7 cm³/mol. The highest BCUT2D eigenvalue weighted by Gasteiger charge is 2.08. The van der Waals surface area contributed by atoms with Gasteiger partial charge in [0.15, 0.2) is 0 Å². The van der Waals surface area contributed by atoms with E-state index >= 15 is 0 Å². The summed E-state index contributed by atoms with van der Waals surface area (Å²) in [6.45, 7) is 0. The van der Waals surface area contributed by atoms with Gasteiger partial charge in [0.1, 0.15) is 11.6 Å². The van der Waals surface area contributed by atoms with Gasteiger partial charge < -0.3 is 10.3 Å². The molecular weight excluding hydrogens is 329 g/mol. The maximum absolute atomic E-state index is 13.0. The number of benzene rings is 2. The van der Waals surface area contributed by atoms with Gasteiger partial charge in [0.2, 0.25) is 5.91 Å². The first-order chi connectivity index (χ1) is 11.5. The lowest BCUT2D eigenvalue weighted by molar-refractivity contribution is -0.115. The number of nitrogens with zero attached hydrogens (tertiary/aromatic N) is 1. The number of H-pyrrole nitrogens is 1. The number of carbonyl (C=O) groups is 1. The number of hydrogen-bond acceptors (Lipinski definition) is 3. The molecule has 0 unspecified atom stereocenters. The van der Waals surface area contributed by atoms with E-state index in [9.17, 15) is 13.4 Å². The number of aromatic amines is 1. The minimum atomic E-state index is -0.990. The van der Waals surface area contributed by atoms with Crippen LogP contribution in [-0.2, 0) is 15.6 Å². The van der Waals surface area contributed by atoms with E-state index in [-0.39, 0.29) is 18.1 Å². The summed E-state index contributed by atoms with van der Waals surface area (Å²) in [6, 6.07) is 11.4. The van der Waals surface area contributed by atoms with Crippen LogP contribution in [0.1, 0.15) is 6.42 Å². The van der Waals surface area contributed by atoms with Crippen LogP contribution in [0.2, 0.25) is 0 Å². The minimum Gasteiger partial charge on any atom is -0.338 e. The van der Waals surface area contributed by atoms with Gasteiger partial charge in [-0.05, 0) is 42.5 Å². The minimum absolute atomic E-state index is 0.178. The largest absolute Gasteiger partial charge is 0.338 e. The molecule has 3 rings (SSSR count). The molecule has 2 N–H and O–H groups in total. The van der Waals surface area contributed by atoms with Gasteiger partial charge in [-0.3, -0.25) is 9.00 Å². The van der Waals surface area contributed by atoms with E-state index in [4.69, 9.17) is 0 Å². The quantitative estimate of drug-likeness (QED) is 0.746.